The van der Waals surface area contributed by atoms with Gasteiger partial charge in [0.25, 0.3) is 0 Å². The Morgan fingerprint density at radius 3 is 2.29 bits per heavy atom. The molecule has 0 aromatic rings. The summed E-state index contributed by atoms with van der Waals surface area (Å²) in [5.41, 5.74) is 0. The lowest BCUT2D eigenvalue weighted by molar-refractivity contribution is 0.231. The lowest BCUT2D eigenvalue weighted by Crippen LogP contribution is -2.40. The zero-order valence-corrected chi connectivity index (χ0v) is 11.5. The average molecular weight is 235 g/mol. The van der Waals surface area contributed by atoms with Crippen LogP contribution in [0.5, 0.6) is 0 Å². The Morgan fingerprint density at radius 2 is 1.65 bits per heavy atom. The molecule has 0 aromatic heterocycles. The van der Waals surface area contributed by atoms with Crippen molar-refractivity contribution in [3.05, 3.63) is 0 Å². The molecule has 0 amide bonds. The molecule has 0 aromatic carbocycles. The Bertz CT molecular complexity index is 232. The van der Waals surface area contributed by atoms with Crippen molar-refractivity contribution in [2.45, 2.75) is 70.8 Å². The highest BCUT2D eigenvalue weighted by atomic mass is 14.9. The molecule has 1 nitrogen and oxygen atoms in total. The largest absolute Gasteiger partial charge is 0.313 e. The van der Waals surface area contributed by atoms with Gasteiger partial charge in [0.15, 0.2) is 0 Å². The van der Waals surface area contributed by atoms with Gasteiger partial charge in [-0.05, 0) is 62.3 Å². The SMILES string of the molecule is CCCNC(C1CCCCC1)C1C2CCCC21. The molecule has 3 rings (SSSR count). The highest BCUT2D eigenvalue weighted by molar-refractivity contribution is 5.07. The maximum Gasteiger partial charge on any atom is 0.0129 e. The molecule has 1 N–H and O–H groups in total. The van der Waals surface area contributed by atoms with Crippen LogP contribution in [-0.2, 0) is 0 Å². The zero-order valence-electron chi connectivity index (χ0n) is 11.5. The van der Waals surface area contributed by atoms with Gasteiger partial charge in [0, 0.05) is 6.04 Å². The molecule has 3 atom stereocenters. The zero-order chi connectivity index (χ0) is 11.7. The fourth-order valence-electron chi connectivity index (χ4n) is 4.83. The second kappa shape index (κ2) is 5.30. The summed E-state index contributed by atoms with van der Waals surface area (Å²) in [6.45, 7) is 3.55. The number of fused-ring (bicyclic) bond motifs is 1. The molecule has 0 spiro atoms. The van der Waals surface area contributed by atoms with E-state index in [1.54, 1.807) is 12.8 Å². The van der Waals surface area contributed by atoms with Crippen LogP contribution in [0.2, 0.25) is 0 Å². The molecule has 3 saturated carbocycles. The van der Waals surface area contributed by atoms with Crippen LogP contribution in [0.25, 0.3) is 0 Å². The minimum Gasteiger partial charge on any atom is -0.313 e. The number of rotatable bonds is 5. The van der Waals surface area contributed by atoms with E-state index in [2.05, 4.69) is 12.2 Å². The first-order chi connectivity index (χ1) is 8.42. The van der Waals surface area contributed by atoms with Gasteiger partial charge >= 0.3 is 0 Å². The van der Waals surface area contributed by atoms with E-state index < -0.39 is 0 Å². The topological polar surface area (TPSA) is 12.0 Å². The van der Waals surface area contributed by atoms with Crippen molar-refractivity contribution in [3.8, 4) is 0 Å². The third-order valence-electron chi connectivity index (χ3n) is 5.68. The van der Waals surface area contributed by atoms with Crippen molar-refractivity contribution in [1.82, 2.24) is 5.32 Å². The van der Waals surface area contributed by atoms with E-state index in [1.807, 2.05) is 0 Å². The summed E-state index contributed by atoms with van der Waals surface area (Å²) in [5, 5.41) is 3.93. The van der Waals surface area contributed by atoms with Crippen molar-refractivity contribution in [2.75, 3.05) is 6.54 Å². The summed E-state index contributed by atoms with van der Waals surface area (Å²) in [7, 11) is 0. The van der Waals surface area contributed by atoms with Gasteiger partial charge in [0.1, 0.15) is 0 Å². The minimum absolute atomic E-state index is 0.894. The lowest BCUT2D eigenvalue weighted by Gasteiger charge is -2.32. The Balaban J connectivity index is 1.60. The molecular weight excluding hydrogens is 206 g/mol. The molecule has 0 saturated heterocycles. The molecule has 3 fully saturated rings. The molecule has 0 aliphatic heterocycles. The third kappa shape index (κ3) is 2.41. The first-order valence-electron chi connectivity index (χ1n) is 8.15. The molecule has 0 heterocycles. The standard InChI is InChI=1S/C16H29N/c1-2-11-17-16(12-7-4-3-5-8-12)15-13-9-6-10-14(13)15/h12-17H,2-11H2,1H3. The summed E-state index contributed by atoms with van der Waals surface area (Å²) >= 11 is 0. The summed E-state index contributed by atoms with van der Waals surface area (Å²) in [6.07, 6.45) is 13.4. The first-order valence-corrected chi connectivity index (χ1v) is 8.15. The average Bonchev–Trinajstić information content (AvgIpc) is 2.85. The Kier molecular flexibility index (Phi) is 3.75. The molecular formula is C16H29N. The van der Waals surface area contributed by atoms with Crippen LogP contribution in [0.3, 0.4) is 0 Å². The highest BCUT2D eigenvalue weighted by Gasteiger charge is 2.56. The van der Waals surface area contributed by atoms with Gasteiger partial charge < -0.3 is 5.32 Å². The van der Waals surface area contributed by atoms with E-state index in [0.717, 1.165) is 29.7 Å². The second-order valence-electron chi connectivity index (χ2n) is 6.71. The Morgan fingerprint density at radius 1 is 0.941 bits per heavy atom. The molecule has 3 unspecified atom stereocenters. The predicted octanol–water partition coefficient (Wildman–Crippen LogP) is 3.98. The first kappa shape index (κ1) is 12.0. The highest BCUT2D eigenvalue weighted by Crippen LogP contribution is 2.60. The second-order valence-corrected chi connectivity index (χ2v) is 6.71. The number of nitrogens with one attached hydrogen (secondary N) is 1. The van der Waals surface area contributed by atoms with Crippen molar-refractivity contribution in [2.24, 2.45) is 23.7 Å². The van der Waals surface area contributed by atoms with Gasteiger partial charge in [-0.2, -0.15) is 0 Å². The van der Waals surface area contributed by atoms with E-state index in [9.17, 15) is 0 Å². The predicted molar refractivity (Wildman–Crippen MR) is 73.0 cm³/mol. The summed E-state index contributed by atoms with van der Waals surface area (Å²) in [6, 6.07) is 0.894. The van der Waals surface area contributed by atoms with Crippen LogP contribution in [-0.4, -0.2) is 12.6 Å². The molecule has 0 radical (unpaired) electrons. The molecule has 17 heavy (non-hydrogen) atoms. The summed E-state index contributed by atoms with van der Waals surface area (Å²) in [5.74, 6) is 4.36. The van der Waals surface area contributed by atoms with Gasteiger partial charge in [-0.25, -0.2) is 0 Å². The van der Waals surface area contributed by atoms with Crippen LogP contribution < -0.4 is 5.32 Å². The normalized spacial score (nSPS) is 39.0. The molecule has 1 heteroatoms. The molecule has 3 aliphatic rings. The fourth-order valence-corrected chi connectivity index (χ4v) is 4.83. The van der Waals surface area contributed by atoms with Crippen LogP contribution in [0, 0.1) is 23.7 Å². The monoisotopic (exact) mass is 235 g/mol. The Hall–Kier alpha value is -0.0400. The van der Waals surface area contributed by atoms with Gasteiger partial charge in [0.05, 0.1) is 0 Å². The Labute approximate surface area is 107 Å². The van der Waals surface area contributed by atoms with Crippen LogP contribution in [0.15, 0.2) is 0 Å². The maximum atomic E-state index is 3.93. The number of hydrogen-bond acceptors (Lipinski definition) is 1. The van der Waals surface area contributed by atoms with Gasteiger partial charge in [0.2, 0.25) is 0 Å². The van der Waals surface area contributed by atoms with E-state index in [0.29, 0.717) is 0 Å². The van der Waals surface area contributed by atoms with Crippen molar-refractivity contribution < 1.29 is 0 Å². The van der Waals surface area contributed by atoms with Crippen molar-refractivity contribution in [3.63, 3.8) is 0 Å². The quantitative estimate of drug-likeness (QED) is 0.760. The summed E-state index contributed by atoms with van der Waals surface area (Å²) < 4.78 is 0. The van der Waals surface area contributed by atoms with Crippen LogP contribution in [0.1, 0.15) is 64.7 Å². The van der Waals surface area contributed by atoms with Gasteiger partial charge in [-0.1, -0.05) is 32.6 Å². The van der Waals surface area contributed by atoms with Gasteiger partial charge in [-0.3, -0.25) is 0 Å². The van der Waals surface area contributed by atoms with Crippen molar-refractivity contribution >= 4 is 0 Å². The van der Waals surface area contributed by atoms with E-state index in [1.165, 1.54) is 51.5 Å². The molecule has 3 aliphatic carbocycles. The third-order valence-corrected chi connectivity index (χ3v) is 5.68. The maximum absolute atomic E-state index is 3.93. The minimum atomic E-state index is 0.894. The van der Waals surface area contributed by atoms with E-state index in [4.69, 9.17) is 0 Å². The van der Waals surface area contributed by atoms with E-state index >= 15 is 0 Å². The smallest absolute Gasteiger partial charge is 0.0129 e. The van der Waals surface area contributed by atoms with Crippen molar-refractivity contribution in [1.29, 1.82) is 0 Å². The van der Waals surface area contributed by atoms with Crippen LogP contribution >= 0.6 is 0 Å². The molecule has 0 bridgehead atoms. The van der Waals surface area contributed by atoms with Gasteiger partial charge in [-0.15, -0.1) is 0 Å². The fraction of sp³-hybridized carbons (Fsp3) is 1.00. The molecule has 98 valence electrons. The number of hydrogen-bond donors (Lipinski definition) is 1. The van der Waals surface area contributed by atoms with E-state index in [-0.39, 0.29) is 0 Å². The lowest BCUT2D eigenvalue weighted by atomic mass is 9.80. The summed E-state index contributed by atoms with van der Waals surface area (Å²) in [4.78, 5) is 0. The van der Waals surface area contributed by atoms with Crippen LogP contribution in [0.4, 0.5) is 0 Å².